The minimum atomic E-state index is -0.199. The predicted molar refractivity (Wildman–Crippen MR) is 128 cm³/mol. The summed E-state index contributed by atoms with van der Waals surface area (Å²) in [6, 6.07) is 13.8. The Labute approximate surface area is 189 Å². The fourth-order valence-electron chi connectivity index (χ4n) is 5.96. The Morgan fingerprint density at radius 1 is 0.938 bits per heavy atom. The summed E-state index contributed by atoms with van der Waals surface area (Å²) >= 11 is 0. The van der Waals surface area contributed by atoms with Gasteiger partial charge in [-0.2, -0.15) is 4.98 Å². The van der Waals surface area contributed by atoms with Crippen LogP contribution >= 0.6 is 0 Å². The summed E-state index contributed by atoms with van der Waals surface area (Å²) < 4.78 is 20.5. The number of rotatable bonds is 3. The molecule has 3 aromatic rings. The molecule has 4 nitrogen and oxygen atoms in total. The summed E-state index contributed by atoms with van der Waals surface area (Å²) in [5.41, 5.74) is 4.69. The van der Waals surface area contributed by atoms with E-state index in [0.717, 1.165) is 75.4 Å². The highest BCUT2D eigenvalue weighted by molar-refractivity contribution is 6.03. The molecule has 2 aromatic carbocycles. The van der Waals surface area contributed by atoms with Crippen molar-refractivity contribution in [1.82, 2.24) is 14.4 Å². The number of aromatic nitrogens is 1. The van der Waals surface area contributed by atoms with Gasteiger partial charge in [0.15, 0.2) is 0 Å². The number of hydrogen-bond donors (Lipinski definition) is 0. The Kier molecular flexibility index (Phi) is 5.01. The summed E-state index contributed by atoms with van der Waals surface area (Å²) in [5.74, 6) is 1.43. The molecule has 4 aliphatic rings. The van der Waals surface area contributed by atoms with Crippen molar-refractivity contribution in [2.45, 2.75) is 25.7 Å². The molecule has 1 aromatic heterocycles. The van der Waals surface area contributed by atoms with Crippen molar-refractivity contribution in [1.29, 1.82) is 0 Å². The van der Waals surface area contributed by atoms with Crippen molar-refractivity contribution < 1.29 is 9.13 Å². The van der Waals surface area contributed by atoms with Crippen LogP contribution in [0.4, 0.5) is 10.2 Å². The zero-order valence-corrected chi connectivity index (χ0v) is 18.8. The maximum Gasteiger partial charge on any atom is 0.235 e. The van der Waals surface area contributed by atoms with Gasteiger partial charge >= 0.3 is 0 Å². The fraction of sp³-hybridized carbons (Fsp3) is 0.444. The summed E-state index contributed by atoms with van der Waals surface area (Å²) in [7, 11) is 0. The van der Waals surface area contributed by atoms with E-state index in [1.54, 1.807) is 12.1 Å². The van der Waals surface area contributed by atoms with Gasteiger partial charge in [0.2, 0.25) is 5.82 Å². The molecule has 0 amide bonds. The number of nitrogens with zero attached hydrogens (tertiary/aromatic N) is 3. The van der Waals surface area contributed by atoms with Crippen molar-refractivity contribution in [3.63, 3.8) is 0 Å². The molecule has 166 valence electrons. The molecule has 0 unspecified atom stereocenters. The number of pyridine rings is 1. The molecule has 2 bridgehead atoms. The second kappa shape index (κ2) is 7.91. The average Bonchev–Trinajstić information content (AvgIpc) is 2.85. The minimum absolute atomic E-state index is 0.199. The number of halogens is 1. The van der Waals surface area contributed by atoms with Crippen molar-refractivity contribution >= 4 is 16.6 Å². The average molecular weight is 433 g/mol. The number of hydrogen-bond acceptors (Lipinski definition) is 3. The maximum absolute atomic E-state index is 13.8. The van der Waals surface area contributed by atoms with Crippen LogP contribution in [0.3, 0.4) is 0 Å². The van der Waals surface area contributed by atoms with Crippen LogP contribution in [-0.4, -0.2) is 62.4 Å². The van der Waals surface area contributed by atoms with Gasteiger partial charge in [-0.15, -0.1) is 0 Å². The van der Waals surface area contributed by atoms with E-state index >= 15 is 0 Å². The summed E-state index contributed by atoms with van der Waals surface area (Å²) in [4.78, 5) is 8.14. The first-order chi connectivity index (χ1) is 15.6. The van der Waals surface area contributed by atoms with E-state index in [2.05, 4.69) is 30.0 Å². The largest absolute Gasteiger partial charge is 0.381 e. The third kappa shape index (κ3) is 3.35. The standard InChI is InChI=1S/C27H31FN3O/c1-19-2-7-23-24(18-19)27(31-13-10-30(11-14-31)12-15-31)29-26(21-8-16-32-17-9-21)25(23)20-3-5-22(28)6-4-20/h2-7,18,21H,8-17H2,1H3/q+1. The number of fused-ring (bicyclic) bond motifs is 4. The maximum atomic E-state index is 13.8. The van der Waals surface area contributed by atoms with Gasteiger partial charge in [0.05, 0.1) is 30.7 Å². The second-order valence-corrected chi connectivity index (χ2v) is 9.80. The molecule has 0 N–H and O–H groups in total. The van der Waals surface area contributed by atoms with Gasteiger partial charge < -0.3 is 4.74 Å². The van der Waals surface area contributed by atoms with Gasteiger partial charge in [0.25, 0.3) is 0 Å². The summed E-state index contributed by atoms with van der Waals surface area (Å²) in [6.45, 7) is 10.6. The van der Waals surface area contributed by atoms with E-state index in [1.807, 2.05) is 12.1 Å². The monoisotopic (exact) mass is 432 g/mol. The van der Waals surface area contributed by atoms with E-state index < -0.39 is 0 Å². The molecule has 0 atom stereocenters. The van der Waals surface area contributed by atoms with Gasteiger partial charge in [-0.25, -0.2) is 4.39 Å². The van der Waals surface area contributed by atoms with Gasteiger partial charge in [-0.3, -0.25) is 9.38 Å². The smallest absolute Gasteiger partial charge is 0.235 e. The highest BCUT2D eigenvalue weighted by Crippen LogP contribution is 2.44. The predicted octanol–water partition coefficient (Wildman–Crippen LogP) is 4.88. The molecule has 5 heteroatoms. The van der Waals surface area contributed by atoms with Crippen LogP contribution in [0.2, 0.25) is 0 Å². The number of ether oxygens (including phenoxy) is 1. The number of benzene rings is 2. The van der Waals surface area contributed by atoms with Crippen LogP contribution in [0, 0.1) is 12.7 Å². The molecule has 0 aliphatic carbocycles. The van der Waals surface area contributed by atoms with Crippen molar-refractivity contribution in [3.8, 4) is 11.1 Å². The first kappa shape index (κ1) is 20.3. The first-order valence-corrected chi connectivity index (χ1v) is 12.0. The number of quaternary nitrogens is 1. The highest BCUT2D eigenvalue weighted by atomic mass is 19.1. The zero-order chi connectivity index (χ0) is 21.7. The van der Waals surface area contributed by atoms with E-state index in [1.165, 1.54) is 33.4 Å². The Bertz CT molecular complexity index is 1130. The quantitative estimate of drug-likeness (QED) is 0.552. The Balaban J connectivity index is 1.64. The van der Waals surface area contributed by atoms with E-state index in [4.69, 9.17) is 9.72 Å². The minimum Gasteiger partial charge on any atom is -0.381 e. The normalized spacial score (nSPS) is 26.0. The van der Waals surface area contributed by atoms with Crippen molar-refractivity contribution in [2.24, 2.45) is 0 Å². The third-order valence-corrected chi connectivity index (χ3v) is 7.89. The Hall–Kier alpha value is -2.34. The molecule has 4 saturated heterocycles. The van der Waals surface area contributed by atoms with Gasteiger partial charge in [0.1, 0.15) is 5.82 Å². The molecule has 0 saturated carbocycles. The second-order valence-electron chi connectivity index (χ2n) is 9.80. The van der Waals surface area contributed by atoms with E-state index in [9.17, 15) is 4.39 Å². The van der Waals surface area contributed by atoms with Crippen LogP contribution in [0.1, 0.15) is 30.0 Å². The summed E-state index contributed by atoms with van der Waals surface area (Å²) in [5, 5.41) is 2.53. The van der Waals surface area contributed by atoms with Crippen LogP contribution in [0.25, 0.3) is 21.9 Å². The summed E-state index contributed by atoms with van der Waals surface area (Å²) in [6.07, 6.45) is 1.98. The van der Waals surface area contributed by atoms with Crippen LogP contribution in [0.15, 0.2) is 42.5 Å². The lowest BCUT2D eigenvalue weighted by Crippen LogP contribution is -2.68. The van der Waals surface area contributed by atoms with Gasteiger partial charge in [-0.05, 0) is 48.9 Å². The topological polar surface area (TPSA) is 25.4 Å². The molecule has 0 spiro atoms. The van der Waals surface area contributed by atoms with Gasteiger partial charge in [0, 0.05) is 44.3 Å². The van der Waals surface area contributed by atoms with Crippen LogP contribution in [-0.2, 0) is 4.74 Å². The number of piperazine rings is 3. The molecule has 4 fully saturated rings. The lowest BCUT2D eigenvalue weighted by atomic mass is 9.86. The van der Waals surface area contributed by atoms with Crippen molar-refractivity contribution in [2.75, 3.05) is 52.5 Å². The molecule has 4 aliphatic heterocycles. The van der Waals surface area contributed by atoms with Crippen LogP contribution in [0.5, 0.6) is 0 Å². The van der Waals surface area contributed by atoms with E-state index in [-0.39, 0.29) is 5.82 Å². The van der Waals surface area contributed by atoms with Gasteiger partial charge in [-0.1, -0.05) is 29.8 Å². The first-order valence-electron chi connectivity index (χ1n) is 12.0. The molecule has 5 heterocycles. The van der Waals surface area contributed by atoms with E-state index in [0.29, 0.717) is 5.92 Å². The number of aryl methyl sites for hydroxylation is 1. The Morgan fingerprint density at radius 3 is 2.31 bits per heavy atom. The molecule has 0 radical (unpaired) electrons. The zero-order valence-electron chi connectivity index (χ0n) is 18.8. The molecular weight excluding hydrogens is 401 g/mol. The third-order valence-electron chi connectivity index (χ3n) is 7.89. The lowest BCUT2D eigenvalue weighted by molar-refractivity contribution is 0.0659. The highest BCUT2D eigenvalue weighted by Gasteiger charge is 2.43. The fourth-order valence-corrected chi connectivity index (χ4v) is 5.96. The molecule has 7 rings (SSSR count). The van der Waals surface area contributed by atoms with Crippen LogP contribution < -0.4 is 4.48 Å². The lowest BCUT2D eigenvalue weighted by Gasteiger charge is -2.49. The van der Waals surface area contributed by atoms with Crippen molar-refractivity contribution in [3.05, 3.63) is 59.5 Å². The molecular formula is C27H31FN3O+. The SMILES string of the molecule is Cc1ccc2c(-c3ccc(F)cc3)c(C3CCOCC3)nc([N+]34CCN(CC3)CC4)c2c1. The molecule has 32 heavy (non-hydrogen) atoms. The Morgan fingerprint density at radius 2 is 1.62 bits per heavy atom.